The zero-order valence-corrected chi connectivity index (χ0v) is 10.5. The Bertz CT molecular complexity index is 416. The number of phenols is 1. The minimum absolute atomic E-state index is 0.248. The summed E-state index contributed by atoms with van der Waals surface area (Å²) in [7, 11) is 0. The van der Waals surface area contributed by atoms with Crippen LogP contribution < -0.4 is 5.32 Å². The number of amides is 1. The average Bonchev–Trinajstić information content (AvgIpc) is 2.29. The molecule has 0 saturated heterocycles. The van der Waals surface area contributed by atoms with E-state index >= 15 is 0 Å². The maximum absolute atomic E-state index is 13.5. The molecule has 1 atom stereocenters. The van der Waals surface area contributed by atoms with Crippen LogP contribution in [0.5, 0.6) is 5.75 Å². The van der Waals surface area contributed by atoms with Crippen LogP contribution in [0.25, 0.3) is 0 Å². The van der Waals surface area contributed by atoms with E-state index in [1.165, 1.54) is 12.1 Å². The van der Waals surface area contributed by atoms with Gasteiger partial charge in [-0.25, -0.2) is 4.39 Å². The molecule has 0 aliphatic heterocycles. The zero-order chi connectivity index (χ0) is 13.8. The Kier molecular flexibility index (Phi) is 4.67. The summed E-state index contributed by atoms with van der Waals surface area (Å²) in [5, 5.41) is 21.3. The Hall–Kier alpha value is -1.62. The van der Waals surface area contributed by atoms with Crippen molar-refractivity contribution < 1.29 is 19.4 Å². The summed E-state index contributed by atoms with van der Waals surface area (Å²) < 4.78 is 13.5. The molecule has 1 aromatic rings. The minimum Gasteiger partial charge on any atom is -0.507 e. The molecule has 0 aliphatic rings. The van der Waals surface area contributed by atoms with Gasteiger partial charge in [-0.3, -0.25) is 4.79 Å². The molecule has 18 heavy (non-hydrogen) atoms. The molecule has 5 heteroatoms. The topological polar surface area (TPSA) is 69.6 Å². The summed E-state index contributed by atoms with van der Waals surface area (Å²) >= 11 is 0. The van der Waals surface area contributed by atoms with Crippen molar-refractivity contribution in [1.82, 2.24) is 5.32 Å². The first-order chi connectivity index (χ1) is 8.43. The predicted molar refractivity (Wildman–Crippen MR) is 65.9 cm³/mol. The maximum Gasteiger partial charge on any atom is 0.258 e. The number of aromatic hydroxyl groups is 1. The van der Waals surface area contributed by atoms with E-state index in [2.05, 4.69) is 5.32 Å². The van der Waals surface area contributed by atoms with Crippen LogP contribution in [0.4, 0.5) is 4.39 Å². The van der Waals surface area contributed by atoms with Gasteiger partial charge >= 0.3 is 0 Å². The van der Waals surface area contributed by atoms with Gasteiger partial charge in [0.25, 0.3) is 5.91 Å². The number of halogens is 1. The summed E-state index contributed by atoms with van der Waals surface area (Å²) in [5.74, 6) is -1.93. The number of carbonyl (C=O) groups is 1. The molecule has 0 spiro atoms. The Morgan fingerprint density at radius 2 is 2.17 bits per heavy atom. The van der Waals surface area contributed by atoms with Crippen LogP contribution >= 0.6 is 0 Å². The van der Waals surface area contributed by atoms with Gasteiger partial charge in [0.1, 0.15) is 17.1 Å². The molecule has 4 nitrogen and oxygen atoms in total. The molecular formula is C13H18FNO3. The third-order valence-corrected chi connectivity index (χ3v) is 2.78. The third kappa shape index (κ3) is 3.20. The number of aliphatic hydroxyl groups is 1. The second-order valence-electron chi connectivity index (χ2n) is 4.56. The molecule has 0 aliphatic carbocycles. The number of nitrogens with one attached hydrogen (secondary N) is 1. The van der Waals surface area contributed by atoms with Crippen LogP contribution in [0.3, 0.4) is 0 Å². The molecule has 0 aromatic heterocycles. The van der Waals surface area contributed by atoms with Crippen molar-refractivity contribution in [3.63, 3.8) is 0 Å². The smallest absolute Gasteiger partial charge is 0.258 e. The van der Waals surface area contributed by atoms with Gasteiger partial charge in [0.05, 0.1) is 12.1 Å². The van der Waals surface area contributed by atoms with Crippen LogP contribution in [0.1, 0.15) is 37.0 Å². The van der Waals surface area contributed by atoms with E-state index in [1.807, 2.05) is 6.92 Å². The molecule has 0 bridgehead atoms. The first-order valence-corrected chi connectivity index (χ1v) is 5.84. The zero-order valence-electron chi connectivity index (χ0n) is 10.5. The number of aliphatic hydroxyl groups excluding tert-OH is 1. The Balaban J connectivity index is 2.95. The summed E-state index contributed by atoms with van der Waals surface area (Å²) in [4.78, 5) is 11.9. The SMILES string of the molecule is CCC[C@@](C)(CO)NC(=O)c1c(O)cccc1F. The molecule has 1 aromatic carbocycles. The van der Waals surface area contributed by atoms with E-state index in [4.69, 9.17) is 0 Å². The molecule has 1 rings (SSSR count). The first kappa shape index (κ1) is 14.4. The van der Waals surface area contributed by atoms with Crippen molar-refractivity contribution in [3.8, 4) is 5.75 Å². The monoisotopic (exact) mass is 255 g/mol. The number of hydrogen-bond donors (Lipinski definition) is 3. The van der Waals surface area contributed by atoms with Gasteiger partial charge in [-0.05, 0) is 25.5 Å². The van der Waals surface area contributed by atoms with E-state index in [-0.39, 0.29) is 6.61 Å². The van der Waals surface area contributed by atoms with Gasteiger partial charge in [0, 0.05) is 0 Å². The molecular weight excluding hydrogens is 237 g/mol. The fourth-order valence-electron chi connectivity index (χ4n) is 1.81. The van der Waals surface area contributed by atoms with E-state index < -0.39 is 28.6 Å². The lowest BCUT2D eigenvalue weighted by Gasteiger charge is -2.28. The van der Waals surface area contributed by atoms with Gasteiger partial charge < -0.3 is 15.5 Å². The maximum atomic E-state index is 13.5. The summed E-state index contributed by atoms with van der Waals surface area (Å²) in [5.41, 5.74) is -1.21. The number of phenolic OH excluding ortho intramolecular Hbond substituents is 1. The van der Waals surface area contributed by atoms with Gasteiger partial charge in [-0.1, -0.05) is 19.4 Å². The molecule has 0 radical (unpaired) electrons. The van der Waals surface area contributed by atoms with Gasteiger partial charge in [0.2, 0.25) is 0 Å². The van der Waals surface area contributed by atoms with Crippen molar-refractivity contribution in [1.29, 1.82) is 0 Å². The highest BCUT2D eigenvalue weighted by Crippen LogP contribution is 2.21. The molecule has 0 heterocycles. The van der Waals surface area contributed by atoms with Crippen LogP contribution in [0.15, 0.2) is 18.2 Å². The molecule has 100 valence electrons. The predicted octanol–water partition coefficient (Wildman–Crippen LogP) is 1.81. The van der Waals surface area contributed by atoms with E-state index in [9.17, 15) is 19.4 Å². The highest BCUT2D eigenvalue weighted by molar-refractivity contribution is 5.97. The number of carbonyl (C=O) groups excluding carboxylic acids is 1. The van der Waals surface area contributed by atoms with Crippen LogP contribution in [-0.4, -0.2) is 28.3 Å². The van der Waals surface area contributed by atoms with Crippen molar-refractivity contribution in [3.05, 3.63) is 29.6 Å². The molecule has 0 fully saturated rings. The van der Waals surface area contributed by atoms with Crippen molar-refractivity contribution in [2.75, 3.05) is 6.61 Å². The third-order valence-electron chi connectivity index (χ3n) is 2.78. The normalized spacial score (nSPS) is 14.0. The fourth-order valence-corrected chi connectivity index (χ4v) is 1.81. The molecule has 1 amide bonds. The lowest BCUT2D eigenvalue weighted by molar-refractivity contribution is 0.0834. The van der Waals surface area contributed by atoms with Crippen molar-refractivity contribution in [2.24, 2.45) is 0 Å². The molecule has 3 N–H and O–H groups in total. The highest BCUT2D eigenvalue weighted by atomic mass is 19.1. The highest BCUT2D eigenvalue weighted by Gasteiger charge is 2.27. The van der Waals surface area contributed by atoms with Gasteiger partial charge in [-0.15, -0.1) is 0 Å². The quantitative estimate of drug-likeness (QED) is 0.751. The summed E-state index contributed by atoms with van der Waals surface area (Å²) in [6, 6.07) is 3.66. The number of hydrogen-bond acceptors (Lipinski definition) is 3. The first-order valence-electron chi connectivity index (χ1n) is 5.84. The Morgan fingerprint density at radius 1 is 1.50 bits per heavy atom. The second-order valence-corrected chi connectivity index (χ2v) is 4.56. The van der Waals surface area contributed by atoms with Gasteiger partial charge in [-0.2, -0.15) is 0 Å². The van der Waals surface area contributed by atoms with Crippen LogP contribution in [0.2, 0.25) is 0 Å². The standard InChI is InChI=1S/C13H18FNO3/c1-3-7-13(2,8-16)15-12(18)11-9(14)5-4-6-10(11)17/h4-6,16-17H,3,7-8H2,1-2H3,(H,15,18)/t13-/m0/s1. The lowest BCUT2D eigenvalue weighted by Crippen LogP contribution is -2.49. The van der Waals surface area contributed by atoms with Crippen molar-refractivity contribution >= 4 is 5.91 Å². The average molecular weight is 255 g/mol. The van der Waals surface area contributed by atoms with Gasteiger partial charge in [0.15, 0.2) is 0 Å². The van der Waals surface area contributed by atoms with Crippen LogP contribution in [-0.2, 0) is 0 Å². The van der Waals surface area contributed by atoms with E-state index in [0.717, 1.165) is 12.5 Å². The van der Waals surface area contributed by atoms with E-state index in [1.54, 1.807) is 6.92 Å². The molecule has 0 saturated carbocycles. The molecule has 0 unspecified atom stereocenters. The Morgan fingerprint density at radius 3 is 2.67 bits per heavy atom. The Labute approximate surface area is 105 Å². The van der Waals surface area contributed by atoms with Crippen molar-refractivity contribution in [2.45, 2.75) is 32.2 Å². The second kappa shape index (κ2) is 5.82. The largest absolute Gasteiger partial charge is 0.507 e. The van der Waals surface area contributed by atoms with Crippen LogP contribution in [0, 0.1) is 5.82 Å². The summed E-state index contributed by atoms with van der Waals surface area (Å²) in [6.45, 7) is 3.34. The number of rotatable bonds is 5. The lowest BCUT2D eigenvalue weighted by atomic mass is 9.96. The van der Waals surface area contributed by atoms with E-state index in [0.29, 0.717) is 6.42 Å². The minimum atomic E-state index is -0.819. The summed E-state index contributed by atoms with van der Waals surface area (Å²) in [6.07, 6.45) is 1.32. The number of benzene rings is 1. The fraction of sp³-hybridized carbons (Fsp3) is 0.462.